The Labute approximate surface area is 394 Å². The molecule has 6 nitrogen and oxygen atoms in total. The highest BCUT2D eigenvalue weighted by Crippen LogP contribution is 2.47. The minimum atomic E-state index is 0.0244. The summed E-state index contributed by atoms with van der Waals surface area (Å²) in [5, 5.41) is 0. The second-order valence-electron chi connectivity index (χ2n) is 23.5. The summed E-state index contributed by atoms with van der Waals surface area (Å²) in [5.74, 6) is 0.708. The van der Waals surface area contributed by atoms with Crippen LogP contribution in [0.15, 0.2) is 131 Å². The number of rotatable bonds is 8. The number of aromatic nitrogens is 1. The van der Waals surface area contributed by atoms with Gasteiger partial charge in [0, 0.05) is 40.4 Å². The van der Waals surface area contributed by atoms with E-state index >= 15 is 0 Å². The number of hydrogen-bond donors (Lipinski definition) is 0. The Hall–Kier alpha value is -5.88. The van der Waals surface area contributed by atoms with Crippen molar-refractivity contribution in [1.82, 2.24) is 4.98 Å². The minimum Gasteiger partial charge on any atom is -0.301 e. The topological polar surface area (TPSA) is 65.4 Å². The highest BCUT2D eigenvalue weighted by Gasteiger charge is 2.39. The molecule has 1 atom stereocenters. The predicted octanol–water partition coefficient (Wildman–Crippen LogP) is 14.6. The first kappa shape index (κ1) is 45.3. The summed E-state index contributed by atoms with van der Waals surface area (Å²) in [6.45, 7) is 28.3. The van der Waals surface area contributed by atoms with E-state index in [-0.39, 0.29) is 33.5 Å². The number of allylic oxidation sites excluding steroid dienone is 9. The quantitative estimate of drug-likeness (QED) is 0.166. The maximum atomic E-state index is 12.8. The number of hydrogen-bond acceptors (Lipinski definition) is 4. The van der Waals surface area contributed by atoms with E-state index in [4.69, 9.17) is 9.98 Å². The molecule has 2 fully saturated rings. The monoisotopic (exact) mass is 877 g/mol. The van der Waals surface area contributed by atoms with Crippen molar-refractivity contribution < 1.29 is 9.59 Å². The summed E-state index contributed by atoms with van der Waals surface area (Å²) in [5.41, 5.74) is 19.8. The van der Waals surface area contributed by atoms with Crippen LogP contribution in [-0.2, 0) is 20.4 Å². The number of pyridine rings is 1. The minimum absolute atomic E-state index is 0.0244. The Morgan fingerprint density at radius 3 is 1.59 bits per heavy atom. The average Bonchev–Trinajstić information content (AvgIpc) is 4.21. The molecule has 1 aromatic heterocycles. The van der Waals surface area contributed by atoms with Crippen LogP contribution in [0.3, 0.4) is 0 Å². The van der Waals surface area contributed by atoms with E-state index in [2.05, 4.69) is 180 Å². The van der Waals surface area contributed by atoms with Crippen molar-refractivity contribution in [2.24, 2.45) is 21.7 Å². The van der Waals surface area contributed by atoms with Crippen LogP contribution >= 0.6 is 0 Å². The molecule has 6 heteroatoms. The molecule has 0 saturated carbocycles. The number of benzene rings is 3. The lowest BCUT2D eigenvalue weighted by Crippen LogP contribution is -2.26. The molecule has 0 N–H and O–H groups in total. The Morgan fingerprint density at radius 2 is 1.09 bits per heavy atom. The van der Waals surface area contributed by atoms with Crippen LogP contribution in [0.2, 0.25) is 0 Å². The molecule has 3 aliphatic heterocycles. The first-order valence-electron chi connectivity index (χ1n) is 24.1. The summed E-state index contributed by atoms with van der Waals surface area (Å²) >= 11 is 0. The molecule has 0 bridgehead atoms. The molecule has 2 amide bonds. The molecule has 0 radical (unpaired) electrons. The standard InChI is InChI=1S/C60H68N4O2/c1-57(2,3)45-25-43(26-46(29-45)58(4,5)6)51-23-21-41(33-61-51)37-13-17-39(18-14-37)49-31-54(64-36-56(64)66)50(32-53(49)63-35-55(63)65)40-19-15-38(16-20-40)42-22-24-52(62-34-42)44-27-47(59(7,8)9)30-48(28-44)60(10,11)12/h13-15,17-19,21,23,25-27,29-34,48H,16,20,22,24,28,35-36H2,1-12H3. The molecular formula is C60H68N4O2. The zero-order chi connectivity index (χ0) is 47.1. The Morgan fingerprint density at radius 1 is 0.545 bits per heavy atom. The number of anilines is 2. The van der Waals surface area contributed by atoms with Gasteiger partial charge in [-0.1, -0.05) is 144 Å². The number of nitrogens with zero attached hydrogens (tertiary/aromatic N) is 4. The van der Waals surface area contributed by atoms with Crippen molar-refractivity contribution in [2.75, 3.05) is 22.9 Å². The van der Waals surface area contributed by atoms with E-state index in [1.165, 1.54) is 44.7 Å². The molecular weight excluding hydrogens is 809 g/mol. The molecule has 9 rings (SSSR count). The maximum absolute atomic E-state index is 12.8. The van der Waals surface area contributed by atoms with Gasteiger partial charge >= 0.3 is 0 Å². The normalized spacial score (nSPS) is 19.2. The Kier molecular flexibility index (Phi) is 11.3. The summed E-state index contributed by atoms with van der Waals surface area (Å²) in [6, 6.07) is 24.0. The SMILES string of the molecule is CC(C)(C)C1=CC(C(C)(C)C)CC(C2=NC=C(C3=CC=C(c4cc(N5CC5=O)c(-c5ccc(-c6ccc(-c7cc(C(C)(C)C)cc(C(C)(C)C)c7)nc6)cc5)cc4N4CC4=O)CC3)CC2)=C1. The van der Waals surface area contributed by atoms with Crippen molar-refractivity contribution in [3.63, 3.8) is 0 Å². The first-order chi connectivity index (χ1) is 31.0. The number of carbonyl (C=O) groups excluding carboxylic acids is 2. The van der Waals surface area contributed by atoms with Crippen LogP contribution in [0.5, 0.6) is 0 Å². The van der Waals surface area contributed by atoms with Crippen LogP contribution in [-0.4, -0.2) is 35.6 Å². The van der Waals surface area contributed by atoms with Gasteiger partial charge in [0.05, 0.1) is 17.1 Å². The van der Waals surface area contributed by atoms with Crippen LogP contribution in [0.1, 0.15) is 132 Å². The average molecular weight is 877 g/mol. The van der Waals surface area contributed by atoms with Gasteiger partial charge in [-0.05, 0) is 140 Å². The lowest BCUT2D eigenvalue weighted by Gasteiger charge is -2.36. The Balaban J connectivity index is 0.979. The summed E-state index contributed by atoms with van der Waals surface area (Å²) < 4.78 is 0. The molecule has 4 aromatic rings. The third kappa shape index (κ3) is 9.39. The fourth-order valence-corrected chi connectivity index (χ4v) is 9.56. The third-order valence-corrected chi connectivity index (χ3v) is 14.3. The van der Waals surface area contributed by atoms with Gasteiger partial charge in [-0.2, -0.15) is 0 Å². The zero-order valence-electron chi connectivity index (χ0n) is 41.4. The molecule has 2 aliphatic carbocycles. The van der Waals surface area contributed by atoms with Crippen LogP contribution in [0.25, 0.3) is 39.1 Å². The fourth-order valence-electron chi connectivity index (χ4n) is 9.56. The van der Waals surface area contributed by atoms with Crippen molar-refractivity contribution >= 4 is 34.5 Å². The van der Waals surface area contributed by atoms with E-state index in [9.17, 15) is 9.59 Å². The van der Waals surface area contributed by atoms with Gasteiger partial charge in [0.1, 0.15) is 13.1 Å². The van der Waals surface area contributed by atoms with E-state index in [0.717, 1.165) is 82.6 Å². The highest BCUT2D eigenvalue weighted by atomic mass is 16.2. The largest absolute Gasteiger partial charge is 0.301 e. The highest BCUT2D eigenvalue weighted by molar-refractivity contribution is 6.17. The summed E-state index contributed by atoms with van der Waals surface area (Å²) in [4.78, 5) is 39.4. The van der Waals surface area contributed by atoms with Gasteiger partial charge in [-0.15, -0.1) is 0 Å². The number of amides is 2. The van der Waals surface area contributed by atoms with Crippen molar-refractivity contribution in [2.45, 2.75) is 126 Å². The smallest absolute Gasteiger partial charge is 0.247 e. The zero-order valence-corrected chi connectivity index (χ0v) is 41.4. The second kappa shape index (κ2) is 16.5. The van der Waals surface area contributed by atoms with Crippen LogP contribution in [0.4, 0.5) is 11.4 Å². The third-order valence-electron chi connectivity index (χ3n) is 14.3. The lowest BCUT2D eigenvalue weighted by atomic mass is 9.69. The van der Waals surface area contributed by atoms with Crippen molar-refractivity contribution in [3.8, 4) is 33.5 Å². The molecule has 2 saturated heterocycles. The molecule has 1 unspecified atom stereocenters. The van der Waals surface area contributed by atoms with Gasteiger partial charge in [0.15, 0.2) is 0 Å². The van der Waals surface area contributed by atoms with E-state index in [1.54, 1.807) is 0 Å². The van der Waals surface area contributed by atoms with E-state index in [0.29, 0.717) is 19.0 Å². The number of carbonyl (C=O) groups is 2. The van der Waals surface area contributed by atoms with E-state index < -0.39 is 0 Å². The lowest BCUT2D eigenvalue weighted by molar-refractivity contribution is -0.110. The first-order valence-corrected chi connectivity index (χ1v) is 24.1. The summed E-state index contributed by atoms with van der Waals surface area (Å²) in [7, 11) is 0. The molecule has 66 heavy (non-hydrogen) atoms. The fraction of sp³-hybridized carbons (Fsp3) is 0.400. The molecule has 0 spiro atoms. The molecule has 4 heterocycles. The maximum Gasteiger partial charge on any atom is 0.247 e. The van der Waals surface area contributed by atoms with Crippen LogP contribution in [0, 0.1) is 16.7 Å². The Bertz CT molecular complexity index is 2800. The van der Waals surface area contributed by atoms with Gasteiger partial charge in [0.25, 0.3) is 0 Å². The van der Waals surface area contributed by atoms with Gasteiger partial charge < -0.3 is 9.80 Å². The van der Waals surface area contributed by atoms with Gasteiger partial charge in [-0.25, -0.2) is 0 Å². The van der Waals surface area contributed by atoms with Crippen molar-refractivity contribution in [3.05, 3.63) is 142 Å². The predicted molar refractivity (Wildman–Crippen MR) is 276 cm³/mol. The van der Waals surface area contributed by atoms with Crippen molar-refractivity contribution in [1.29, 1.82) is 0 Å². The molecule has 5 aliphatic rings. The van der Waals surface area contributed by atoms with Crippen LogP contribution < -0.4 is 9.80 Å². The summed E-state index contributed by atoms with van der Waals surface area (Å²) in [6.07, 6.45) is 18.2. The van der Waals surface area contributed by atoms with Gasteiger partial charge in [-0.3, -0.25) is 19.6 Å². The molecule has 340 valence electrons. The second-order valence-corrected chi connectivity index (χ2v) is 23.5. The van der Waals surface area contributed by atoms with Gasteiger partial charge in [0.2, 0.25) is 11.8 Å². The molecule has 3 aromatic carbocycles. The van der Waals surface area contributed by atoms with E-state index in [1.807, 2.05) is 16.0 Å². The number of aliphatic imine (C=N–C) groups is 1.